The van der Waals surface area contributed by atoms with E-state index in [1.54, 1.807) is 60.7 Å². The first kappa shape index (κ1) is 28.7. The van der Waals surface area contributed by atoms with E-state index in [4.69, 9.17) is 14.2 Å². The van der Waals surface area contributed by atoms with Crippen molar-refractivity contribution in [2.24, 2.45) is 0 Å². The number of methoxy groups -OCH3 is 1. The van der Waals surface area contributed by atoms with Crippen molar-refractivity contribution >= 4 is 50.2 Å². The monoisotopic (exact) mass is 590 g/mol. The Hall–Kier alpha value is -4.81. The molecule has 11 nitrogen and oxygen atoms in total. The van der Waals surface area contributed by atoms with E-state index in [2.05, 4.69) is 10.6 Å². The van der Waals surface area contributed by atoms with Crippen LogP contribution in [0.5, 0.6) is 11.5 Å². The smallest absolute Gasteiger partial charge is 0.337 e. The Bertz CT molecular complexity index is 1710. The average Bonchev–Trinajstić information content (AvgIpc) is 3.29. The van der Waals surface area contributed by atoms with Crippen molar-refractivity contribution in [2.45, 2.75) is 0 Å². The standard InChI is InChI=1S/C30H30N4O7S/c1-33(2)13-14-34(42(4,37)38)22-9-7-21(8-10-22)31-28(19-6-12-25-26(18-19)41-16-15-40-25)27-23-11-5-20(30(36)39-3)17-24(23)32-29(27)35/h5-12,15-18,31H,13-14H2,1-4H3,(H,32,35)/b28-27-. The molecule has 5 rings (SSSR count). The van der Waals surface area contributed by atoms with Gasteiger partial charge in [-0.2, -0.15) is 0 Å². The third-order valence-electron chi connectivity index (χ3n) is 6.69. The summed E-state index contributed by atoms with van der Waals surface area (Å²) in [6.45, 7) is 0.846. The van der Waals surface area contributed by atoms with Gasteiger partial charge in [0, 0.05) is 29.9 Å². The van der Waals surface area contributed by atoms with Crippen LogP contribution in [-0.4, -0.2) is 65.7 Å². The summed E-state index contributed by atoms with van der Waals surface area (Å²) >= 11 is 0. The van der Waals surface area contributed by atoms with Crippen LogP contribution in [0.25, 0.3) is 11.3 Å². The van der Waals surface area contributed by atoms with E-state index in [9.17, 15) is 18.0 Å². The van der Waals surface area contributed by atoms with E-state index in [0.29, 0.717) is 69.6 Å². The number of likely N-dealkylation sites (N-methyl/N-ethyl adjacent to an activating group) is 1. The molecule has 0 saturated heterocycles. The molecule has 0 aliphatic carbocycles. The Morgan fingerprint density at radius 3 is 2.29 bits per heavy atom. The van der Waals surface area contributed by atoms with Crippen LogP contribution in [0.1, 0.15) is 21.5 Å². The normalized spacial score (nSPS) is 14.7. The average molecular weight is 591 g/mol. The Kier molecular flexibility index (Phi) is 7.92. The minimum atomic E-state index is -3.51. The zero-order chi connectivity index (χ0) is 30.0. The van der Waals surface area contributed by atoms with Gasteiger partial charge in [0.05, 0.1) is 41.6 Å². The topological polar surface area (TPSA) is 127 Å². The Labute approximate surface area is 244 Å². The largest absolute Gasteiger partial charge is 0.465 e. The molecular formula is C30H30N4O7S. The second-order valence-electron chi connectivity index (χ2n) is 9.94. The first-order valence-electron chi connectivity index (χ1n) is 13.0. The molecule has 2 aliphatic rings. The highest BCUT2D eigenvalue weighted by atomic mass is 32.2. The fraction of sp³-hybridized carbons (Fsp3) is 0.200. The van der Waals surface area contributed by atoms with E-state index in [1.165, 1.54) is 30.2 Å². The minimum absolute atomic E-state index is 0.296. The van der Waals surface area contributed by atoms with Gasteiger partial charge >= 0.3 is 5.97 Å². The molecule has 0 spiro atoms. The van der Waals surface area contributed by atoms with Crippen molar-refractivity contribution in [3.05, 3.63) is 89.9 Å². The van der Waals surface area contributed by atoms with Crippen LogP contribution in [0.3, 0.4) is 0 Å². The number of hydrogen-bond acceptors (Lipinski definition) is 9. The highest BCUT2D eigenvalue weighted by Crippen LogP contribution is 2.41. The molecule has 1 amide bonds. The molecule has 218 valence electrons. The molecule has 42 heavy (non-hydrogen) atoms. The Morgan fingerprint density at radius 2 is 1.62 bits per heavy atom. The maximum absolute atomic E-state index is 13.4. The van der Waals surface area contributed by atoms with Crippen LogP contribution in [0, 0.1) is 0 Å². The van der Waals surface area contributed by atoms with Crippen LogP contribution >= 0.6 is 0 Å². The number of fused-ring (bicyclic) bond motifs is 2. The van der Waals surface area contributed by atoms with Crippen molar-refractivity contribution in [1.29, 1.82) is 0 Å². The summed E-state index contributed by atoms with van der Waals surface area (Å²) < 4.78 is 42.3. The van der Waals surface area contributed by atoms with E-state index >= 15 is 0 Å². The molecule has 2 N–H and O–H groups in total. The zero-order valence-electron chi connectivity index (χ0n) is 23.5. The van der Waals surface area contributed by atoms with Crippen LogP contribution in [0.2, 0.25) is 0 Å². The van der Waals surface area contributed by atoms with Crippen molar-refractivity contribution < 1.29 is 32.2 Å². The molecule has 2 aliphatic heterocycles. The molecule has 0 radical (unpaired) electrons. The Balaban J connectivity index is 1.57. The fourth-order valence-electron chi connectivity index (χ4n) is 4.63. The van der Waals surface area contributed by atoms with Gasteiger partial charge in [0.2, 0.25) is 10.0 Å². The molecule has 0 unspecified atom stereocenters. The first-order chi connectivity index (χ1) is 20.0. The number of ether oxygens (including phenoxy) is 3. The van der Waals surface area contributed by atoms with E-state index in [1.807, 2.05) is 19.0 Å². The number of sulfonamides is 1. The lowest BCUT2D eigenvalue weighted by molar-refractivity contribution is -0.110. The molecule has 0 atom stereocenters. The van der Waals surface area contributed by atoms with Gasteiger partial charge in [-0.15, -0.1) is 0 Å². The lowest BCUT2D eigenvalue weighted by Gasteiger charge is -2.24. The maximum atomic E-state index is 13.4. The van der Waals surface area contributed by atoms with E-state index in [-0.39, 0.29) is 5.91 Å². The number of nitrogens with zero attached hydrogens (tertiary/aromatic N) is 2. The van der Waals surface area contributed by atoms with Gasteiger partial charge in [0.1, 0.15) is 12.5 Å². The minimum Gasteiger partial charge on any atom is -0.465 e. The van der Waals surface area contributed by atoms with Crippen LogP contribution in [0.4, 0.5) is 17.1 Å². The summed E-state index contributed by atoms with van der Waals surface area (Å²) in [7, 11) is 1.54. The predicted octanol–water partition coefficient (Wildman–Crippen LogP) is 3.98. The molecule has 0 bridgehead atoms. The third-order valence-corrected chi connectivity index (χ3v) is 7.88. The van der Waals surface area contributed by atoms with Crippen LogP contribution in [0.15, 0.2) is 73.2 Å². The molecule has 12 heteroatoms. The van der Waals surface area contributed by atoms with Crippen LogP contribution < -0.4 is 24.4 Å². The summed E-state index contributed by atoms with van der Waals surface area (Å²) in [5.41, 5.74) is 3.95. The van der Waals surface area contributed by atoms with Gasteiger partial charge < -0.3 is 29.7 Å². The second-order valence-corrected chi connectivity index (χ2v) is 11.8. The Morgan fingerprint density at radius 1 is 0.929 bits per heavy atom. The lowest BCUT2D eigenvalue weighted by atomic mass is 9.98. The summed E-state index contributed by atoms with van der Waals surface area (Å²) in [5.74, 6) is 0.103. The molecule has 2 heterocycles. The van der Waals surface area contributed by atoms with Crippen molar-refractivity contribution in [1.82, 2.24) is 4.90 Å². The summed E-state index contributed by atoms with van der Waals surface area (Å²) in [6, 6.07) is 17.1. The first-order valence-corrected chi connectivity index (χ1v) is 14.8. The number of amides is 1. The number of rotatable bonds is 9. The number of carbonyl (C=O) groups is 2. The molecule has 0 fully saturated rings. The lowest BCUT2D eigenvalue weighted by Crippen LogP contribution is -2.35. The van der Waals surface area contributed by atoms with Gasteiger partial charge in [-0.1, -0.05) is 6.07 Å². The predicted molar refractivity (Wildman–Crippen MR) is 161 cm³/mol. The number of nitrogens with one attached hydrogen (secondary N) is 2. The second kappa shape index (κ2) is 11.6. The van der Waals surface area contributed by atoms with Gasteiger partial charge in [-0.05, 0) is 68.7 Å². The third kappa shape index (κ3) is 5.94. The van der Waals surface area contributed by atoms with E-state index < -0.39 is 16.0 Å². The van der Waals surface area contributed by atoms with Crippen molar-refractivity contribution in [3.63, 3.8) is 0 Å². The van der Waals surface area contributed by atoms with Crippen LogP contribution in [-0.2, 0) is 19.6 Å². The number of benzene rings is 3. The summed E-state index contributed by atoms with van der Waals surface area (Å²) in [4.78, 5) is 27.4. The number of esters is 1. The number of hydrogen-bond donors (Lipinski definition) is 2. The summed E-state index contributed by atoms with van der Waals surface area (Å²) in [5, 5.41) is 6.20. The highest BCUT2D eigenvalue weighted by Gasteiger charge is 2.30. The number of carbonyl (C=O) groups excluding carboxylic acids is 2. The maximum Gasteiger partial charge on any atom is 0.337 e. The van der Waals surface area contributed by atoms with Crippen molar-refractivity contribution in [3.8, 4) is 11.5 Å². The summed E-state index contributed by atoms with van der Waals surface area (Å²) in [6.07, 6.45) is 4.02. The quantitative estimate of drug-likeness (QED) is 0.281. The molecule has 0 aromatic heterocycles. The van der Waals surface area contributed by atoms with Gasteiger partial charge in [0.25, 0.3) is 5.91 Å². The SMILES string of the molecule is COC(=O)c1ccc2c(c1)NC(=O)/C2=C(\Nc1ccc(N(CCN(C)C)S(C)(=O)=O)cc1)c1ccc2c(c1)OC=CO2. The molecule has 0 saturated carbocycles. The highest BCUT2D eigenvalue weighted by molar-refractivity contribution is 7.92. The van der Waals surface area contributed by atoms with Gasteiger partial charge in [-0.25, -0.2) is 13.2 Å². The fourth-order valence-corrected chi connectivity index (χ4v) is 5.55. The molecule has 3 aromatic rings. The molecule has 3 aromatic carbocycles. The zero-order valence-corrected chi connectivity index (χ0v) is 24.3. The van der Waals surface area contributed by atoms with Gasteiger partial charge in [0.15, 0.2) is 11.5 Å². The van der Waals surface area contributed by atoms with Gasteiger partial charge in [-0.3, -0.25) is 9.10 Å². The van der Waals surface area contributed by atoms with E-state index in [0.717, 1.165) is 0 Å². The van der Waals surface area contributed by atoms with Crippen molar-refractivity contribution in [2.75, 3.05) is 55.5 Å². The number of anilines is 3. The molecular weight excluding hydrogens is 560 g/mol.